The first-order valence-corrected chi connectivity index (χ1v) is 8.75. The van der Waals surface area contributed by atoms with Crippen LogP contribution in [-0.2, 0) is 4.79 Å². The number of hydrogen-bond acceptors (Lipinski definition) is 6. The van der Waals surface area contributed by atoms with Gasteiger partial charge in [0.2, 0.25) is 5.88 Å². The fourth-order valence-corrected chi connectivity index (χ4v) is 3.13. The number of carboxylic acids is 1. The Labute approximate surface area is 137 Å². The number of carbonyl (C=O) groups excluding carboxylic acids is 1. The third-order valence-electron chi connectivity index (χ3n) is 2.18. The summed E-state index contributed by atoms with van der Waals surface area (Å²) < 4.78 is 40.7. The van der Waals surface area contributed by atoms with Crippen LogP contribution in [0.25, 0.3) is 0 Å². The summed E-state index contributed by atoms with van der Waals surface area (Å²) in [4.78, 5) is 22.1. The van der Waals surface area contributed by atoms with Crippen molar-refractivity contribution in [3.8, 4) is 5.88 Å². The summed E-state index contributed by atoms with van der Waals surface area (Å²) in [5, 5.41) is 16.6. The lowest BCUT2D eigenvalue weighted by atomic mass is 10.3. The smallest absolute Gasteiger partial charge is 0.422 e. The van der Waals surface area contributed by atoms with E-state index >= 15 is 0 Å². The lowest BCUT2D eigenvalue weighted by molar-refractivity contribution is -0.154. The number of nitrogens with zero attached hydrogens (tertiary/aromatic N) is 1. The number of rotatable bonds is 10. The van der Waals surface area contributed by atoms with E-state index < -0.39 is 24.7 Å². The van der Waals surface area contributed by atoms with Gasteiger partial charge >= 0.3 is 12.1 Å². The topological polar surface area (TPSA) is 104 Å². The molecule has 0 atom stereocenters. The molecule has 0 aliphatic rings. The largest absolute Gasteiger partial charge is 0.481 e. The summed E-state index contributed by atoms with van der Waals surface area (Å²) in [6, 6.07) is 0. The summed E-state index contributed by atoms with van der Waals surface area (Å²) in [6.07, 6.45) is -3.38. The molecule has 0 aliphatic carbocycles. The molecule has 130 valence electrons. The fraction of sp³-hybridized carbons (Fsp3) is 0.545. The number of halogens is 3. The molecule has 0 saturated heterocycles. The first-order valence-electron chi connectivity index (χ1n) is 6.27. The second-order valence-corrected chi connectivity index (χ2v) is 6.76. The molecule has 1 aromatic heterocycles. The number of nitrogens with one attached hydrogen (secondary N) is 2. The molecule has 1 aromatic rings. The predicted molar refractivity (Wildman–Crippen MR) is 79.6 cm³/mol. The Morgan fingerprint density at radius 2 is 2.04 bits per heavy atom. The molecule has 3 N–H and O–H groups in total. The van der Waals surface area contributed by atoms with Crippen molar-refractivity contribution in [3.05, 3.63) is 11.8 Å². The van der Waals surface area contributed by atoms with Crippen LogP contribution < -0.4 is 10.1 Å². The van der Waals surface area contributed by atoms with E-state index in [0.29, 0.717) is 11.5 Å². The van der Waals surface area contributed by atoms with Gasteiger partial charge < -0.3 is 15.2 Å². The highest BCUT2D eigenvalue weighted by molar-refractivity contribution is 8.76. The summed E-state index contributed by atoms with van der Waals surface area (Å²) in [5.74, 6) is -0.856. The molecule has 0 aliphatic heterocycles. The van der Waals surface area contributed by atoms with Gasteiger partial charge in [-0.2, -0.15) is 18.3 Å². The summed E-state index contributed by atoms with van der Waals surface area (Å²) in [6.45, 7) is -1.25. The van der Waals surface area contributed by atoms with Crippen LogP contribution in [0.5, 0.6) is 5.88 Å². The van der Waals surface area contributed by atoms with Crippen LogP contribution in [0.3, 0.4) is 0 Å². The van der Waals surface area contributed by atoms with E-state index in [4.69, 9.17) is 5.11 Å². The number of H-pyrrole nitrogens is 1. The maximum atomic E-state index is 12.1. The number of aliphatic carboxylic acids is 1. The number of amides is 1. The van der Waals surface area contributed by atoms with Crippen molar-refractivity contribution < 1.29 is 32.6 Å². The Morgan fingerprint density at radius 3 is 2.70 bits per heavy atom. The van der Waals surface area contributed by atoms with Crippen LogP contribution in [0.4, 0.5) is 13.2 Å². The van der Waals surface area contributed by atoms with E-state index in [2.05, 4.69) is 20.3 Å². The quantitative estimate of drug-likeness (QED) is 0.425. The molecule has 1 amide bonds. The second kappa shape index (κ2) is 9.55. The number of carboxylic acid groups (broad SMARTS) is 1. The summed E-state index contributed by atoms with van der Waals surface area (Å²) >= 11 is 0. The van der Waals surface area contributed by atoms with Crippen molar-refractivity contribution in [1.29, 1.82) is 0 Å². The lowest BCUT2D eigenvalue weighted by Crippen LogP contribution is -2.26. The third-order valence-corrected chi connectivity index (χ3v) is 4.59. The van der Waals surface area contributed by atoms with Gasteiger partial charge in [-0.05, 0) is 0 Å². The van der Waals surface area contributed by atoms with Gasteiger partial charge in [0, 0.05) is 18.1 Å². The van der Waals surface area contributed by atoms with E-state index in [9.17, 15) is 22.8 Å². The van der Waals surface area contributed by atoms with Crippen molar-refractivity contribution >= 4 is 33.5 Å². The number of alkyl halides is 3. The van der Waals surface area contributed by atoms with Crippen LogP contribution in [0.2, 0.25) is 0 Å². The third kappa shape index (κ3) is 8.59. The van der Waals surface area contributed by atoms with Gasteiger partial charge in [-0.25, -0.2) is 5.10 Å². The van der Waals surface area contributed by atoms with E-state index in [1.807, 2.05) is 0 Å². The summed E-state index contributed by atoms with van der Waals surface area (Å²) in [7, 11) is 2.75. The average Bonchev–Trinajstić information content (AvgIpc) is 2.91. The van der Waals surface area contributed by atoms with Crippen molar-refractivity contribution in [3.63, 3.8) is 0 Å². The highest BCUT2D eigenvalue weighted by Crippen LogP contribution is 2.22. The molecule has 0 unspecified atom stereocenters. The van der Waals surface area contributed by atoms with E-state index in [1.165, 1.54) is 21.6 Å². The lowest BCUT2D eigenvalue weighted by Gasteiger charge is -2.09. The van der Waals surface area contributed by atoms with Gasteiger partial charge in [-0.3, -0.25) is 9.59 Å². The molecule has 0 aromatic carbocycles. The maximum absolute atomic E-state index is 12.1. The number of ether oxygens (including phenoxy) is 1. The van der Waals surface area contributed by atoms with E-state index in [1.54, 1.807) is 0 Å². The zero-order valence-corrected chi connectivity index (χ0v) is 13.3. The monoisotopic (exact) mass is 373 g/mol. The standard InChI is InChI=1S/C11H14F3N3O4S2/c12-11(13,14)6-21-10-7(5-16-17-10)9(20)15-2-4-23-22-3-1-8(18)19/h5H,1-4,6H2,(H,15,20)(H,16,17)(H,18,19). The second-order valence-electron chi connectivity index (χ2n) is 4.06. The van der Waals surface area contributed by atoms with Crippen LogP contribution >= 0.6 is 21.6 Å². The highest BCUT2D eigenvalue weighted by atomic mass is 33.1. The molecular weight excluding hydrogens is 359 g/mol. The summed E-state index contributed by atoms with van der Waals surface area (Å²) in [5.41, 5.74) is -0.113. The van der Waals surface area contributed by atoms with Crippen molar-refractivity contribution in [1.82, 2.24) is 15.5 Å². The van der Waals surface area contributed by atoms with Crippen molar-refractivity contribution in [2.75, 3.05) is 24.7 Å². The molecular formula is C11H14F3N3O4S2. The minimum Gasteiger partial charge on any atom is -0.481 e. The molecule has 1 heterocycles. The van der Waals surface area contributed by atoms with Gasteiger partial charge in [0.05, 0.1) is 12.6 Å². The SMILES string of the molecule is O=C(O)CCSSCCNC(=O)c1cn[nH]c1OCC(F)(F)F. The molecule has 23 heavy (non-hydrogen) atoms. The number of aromatic amines is 1. The van der Waals surface area contributed by atoms with E-state index in [-0.39, 0.29) is 24.4 Å². The molecule has 7 nitrogen and oxygen atoms in total. The van der Waals surface area contributed by atoms with Crippen LogP contribution in [0, 0.1) is 0 Å². The molecule has 1 rings (SSSR count). The van der Waals surface area contributed by atoms with Crippen LogP contribution in [0.15, 0.2) is 6.20 Å². The predicted octanol–water partition coefficient (Wildman–Crippen LogP) is 1.94. The molecule has 0 fully saturated rings. The van der Waals surface area contributed by atoms with E-state index in [0.717, 1.165) is 6.20 Å². The first-order chi connectivity index (χ1) is 10.8. The van der Waals surface area contributed by atoms with Crippen LogP contribution in [0.1, 0.15) is 16.8 Å². The molecule has 12 heteroatoms. The van der Waals surface area contributed by atoms with Gasteiger partial charge in [0.1, 0.15) is 5.56 Å². The Bertz CT molecular complexity index is 525. The average molecular weight is 373 g/mol. The number of hydrogen-bond donors (Lipinski definition) is 3. The Kier molecular flexibility index (Phi) is 8.09. The van der Waals surface area contributed by atoms with Crippen molar-refractivity contribution in [2.45, 2.75) is 12.6 Å². The number of carbonyl (C=O) groups is 2. The maximum Gasteiger partial charge on any atom is 0.422 e. The van der Waals surface area contributed by atoms with Gasteiger partial charge in [-0.1, -0.05) is 21.6 Å². The van der Waals surface area contributed by atoms with Gasteiger partial charge in [-0.15, -0.1) is 0 Å². The molecule has 0 radical (unpaired) electrons. The van der Waals surface area contributed by atoms with Gasteiger partial charge in [0.15, 0.2) is 6.61 Å². The normalized spacial score (nSPS) is 11.3. The number of aromatic nitrogens is 2. The Balaban J connectivity index is 2.27. The van der Waals surface area contributed by atoms with Crippen LogP contribution in [-0.4, -0.2) is 58.0 Å². The molecule has 0 saturated carbocycles. The zero-order chi connectivity index (χ0) is 17.3. The minimum atomic E-state index is -4.51. The first kappa shape index (κ1) is 19.5. The molecule has 0 spiro atoms. The fourth-order valence-electron chi connectivity index (χ4n) is 1.25. The minimum absolute atomic E-state index is 0.0545. The highest BCUT2D eigenvalue weighted by Gasteiger charge is 2.29. The Hall–Kier alpha value is -1.56. The van der Waals surface area contributed by atoms with Crippen molar-refractivity contribution in [2.24, 2.45) is 0 Å². The zero-order valence-electron chi connectivity index (χ0n) is 11.7. The Morgan fingerprint density at radius 1 is 1.35 bits per heavy atom. The van der Waals surface area contributed by atoms with Gasteiger partial charge in [0.25, 0.3) is 5.91 Å². The molecule has 0 bridgehead atoms.